The van der Waals surface area contributed by atoms with E-state index in [4.69, 9.17) is 9.84 Å². The van der Waals surface area contributed by atoms with Gasteiger partial charge >= 0.3 is 5.97 Å². The predicted molar refractivity (Wildman–Crippen MR) is 62.1 cm³/mol. The van der Waals surface area contributed by atoms with Gasteiger partial charge in [0.15, 0.2) is 5.92 Å². The fraction of sp³-hybridized carbons (Fsp3) is 0.333. The number of carbonyl (C=O) groups excluding carboxylic acids is 1. The van der Waals surface area contributed by atoms with Gasteiger partial charge in [-0.15, -0.1) is 0 Å². The normalized spacial score (nSPS) is 11.6. The van der Waals surface area contributed by atoms with Crippen molar-refractivity contribution >= 4 is 11.9 Å². The molecule has 1 aromatic carbocycles. The van der Waals surface area contributed by atoms with Gasteiger partial charge < -0.3 is 15.2 Å². The Morgan fingerprint density at radius 2 is 2.18 bits per heavy atom. The lowest BCUT2D eigenvalue weighted by atomic mass is 9.98. The molecular formula is C12H15NO4. The fourth-order valence-electron chi connectivity index (χ4n) is 1.50. The van der Waals surface area contributed by atoms with Crippen LogP contribution in [0.15, 0.2) is 24.3 Å². The number of likely N-dealkylation sites (N-methyl/N-ethyl adjacent to an activating group) is 1. The molecule has 17 heavy (non-hydrogen) atoms. The van der Waals surface area contributed by atoms with Gasteiger partial charge in [-0.2, -0.15) is 0 Å². The molecule has 0 spiro atoms. The van der Waals surface area contributed by atoms with Gasteiger partial charge in [0, 0.05) is 6.54 Å². The number of carboxylic acid groups (broad SMARTS) is 1. The smallest absolute Gasteiger partial charge is 0.320 e. The van der Waals surface area contributed by atoms with Crippen molar-refractivity contribution in [3.63, 3.8) is 0 Å². The van der Waals surface area contributed by atoms with E-state index in [1.807, 2.05) is 0 Å². The van der Waals surface area contributed by atoms with E-state index in [0.29, 0.717) is 17.9 Å². The van der Waals surface area contributed by atoms with Crippen LogP contribution in [0.4, 0.5) is 0 Å². The molecule has 0 bridgehead atoms. The van der Waals surface area contributed by atoms with Crippen LogP contribution in [0.3, 0.4) is 0 Å². The Morgan fingerprint density at radius 1 is 1.47 bits per heavy atom. The molecule has 0 heterocycles. The number of aliphatic carboxylic acids is 1. The summed E-state index contributed by atoms with van der Waals surface area (Å²) in [5.41, 5.74) is 0.405. The van der Waals surface area contributed by atoms with Crippen molar-refractivity contribution in [1.82, 2.24) is 5.32 Å². The number of hydrogen-bond donors (Lipinski definition) is 2. The molecule has 0 saturated heterocycles. The van der Waals surface area contributed by atoms with E-state index in [1.54, 1.807) is 31.2 Å². The highest BCUT2D eigenvalue weighted by atomic mass is 16.5. The minimum absolute atomic E-state index is 0.395. The Morgan fingerprint density at radius 3 is 2.71 bits per heavy atom. The Hall–Kier alpha value is -2.04. The standard InChI is InChI=1S/C12H15NO4/c1-3-13-11(14)10(12(15)16)8-5-4-6-9(7-8)17-2/h4-7,10H,3H2,1-2H3,(H,13,14)(H,15,16). The van der Waals surface area contributed by atoms with Crippen molar-refractivity contribution in [3.8, 4) is 5.75 Å². The van der Waals surface area contributed by atoms with Crippen molar-refractivity contribution in [1.29, 1.82) is 0 Å². The fourth-order valence-corrected chi connectivity index (χ4v) is 1.50. The van der Waals surface area contributed by atoms with E-state index in [2.05, 4.69) is 5.32 Å². The summed E-state index contributed by atoms with van der Waals surface area (Å²) >= 11 is 0. The van der Waals surface area contributed by atoms with Crippen molar-refractivity contribution < 1.29 is 19.4 Å². The Balaban J connectivity index is 3.05. The van der Waals surface area contributed by atoms with Crippen molar-refractivity contribution in [3.05, 3.63) is 29.8 Å². The van der Waals surface area contributed by atoms with E-state index in [-0.39, 0.29) is 0 Å². The third-order valence-corrected chi connectivity index (χ3v) is 2.29. The van der Waals surface area contributed by atoms with Gasteiger partial charge in [0.1, 0.15) is 5.75 Å². The minimum Gasteiger partial charge on any atom is -0.497 e. The first kappa shape index (κ1) is 13.0. The molecule has 1 aromatic rings. The first-order valence-corrected chi connectivity index (χ1v) is 5.24. The van der Waals surface area contributed by atoms with Gasteiger partial charge in [-0.05, 0) is 24.6 Å². The van der Waals surface area contributed by atoms with Crippen LogP contribution in [0, 0.1) is 0 Å². The number of carbonyl (C=O) groups is 2. The lowest BCUT2D eigenvalue weighted by Crippen LogP contribution is -2.33. The molecule has 0 fully saturated rings. The van der Waals surface area contributed by atoms with Crippen molar-refractivity contribution in [2.24, 2.45) is 0 Å². The maximum absolute atomic E-state index is 11.7. The number of hydrogen-bond acceptors (Lipinski definition) is 3. The summed E-state index contributed by atoms with van der Waals surface area (Å²) in [4.78, 5) is 22.8. The van der Waals surface area contributed by atoms with Gasteiger partial charge in [-0.1, -0.05) is 12.1 Å². The number of methoxy groups -OCH3 is 1. The van der Waals surface area contributed by atoms with Crippen molar-refractivity contribution in [2.45, 2.75) is 12.8 Å². The van der Waals surface area contributed by atoms with Gasteiger partial charge in [0.2, 0.25) is 5.91 Å². The van der Waals surface area contributed by atoms with Crippen LogP contribution in [-0.4, -0.2) is 30.6 Å². The molecular weight excluding hydrogens is 222 g/mol. The summed E-state index contributed by atoms with van der Waals surface area (Å²) in [5.74, 6) is -2.37. The lowest BCUT2D eigenvalue weighted by Gasteiger charge is -2.13. The van der Waals surface area contributed by atoms with Crippen LogP contribution < -0.4 is 10.1 Å². The highest BCUT2D eigenvalue weighted by molar-refractivity contribution is 6.02. The molecule has 0 aliphatic rings. The molecule has 0 saturated carbocycles. The molecule has 1 atom stereocenters. The van der Waals surface area contributed by atoms with Crippen LogP contribution >= 0.6 is 0 Å². The van der Waals surface area contributed by atoms with Gasteiger partial charge in [0.25, 0.3) is 0 Å². The maximum Gasteiger partial charge on any atom is 0.320 e. The molecule has 0 aliphatic heterocycles. The Kier molecular flexibility index (Phi) is 4.51. The molecule has 92 valence electrons. The average molecular weight is 237 g/mol. The molecule has 0 radical (unpaired) electrons. The molecule has 5 nitrogen and oxygen atoms in total. The van der Waals surface area contributed by atoms with Crippen molar-refractivity contribution in [2.75, 3.05) is 13.7 Å². The molecule has 5 heteroatoms. The highest BCUT2D eigenvalue weighted by Gasteiger charge is 2.27. The summed E-state index contributed by atoms with van der Waals surface area (Å²) < 4.78 is 5.00. The number of rotatable bonds is 5. The van der Waals surface area contributed by atoms with Crippen LogP contribution in [-0.2, 0) is 9.59 Å². The van der Waals surface area contributed by atoms with E-state index in [1.165, 1.54) is 7.11 Å². The molecule has 1 rings (SSSR count). The van der Waals surface area contributed by atoms with E-state index in [0.717, 1.165) is 0 Å². The number of benzene rings is 1. The topological polar surface area (TPSA) is 75.6 Å². The Labute approximate surface area is 99.4 Å². The number of carboxylic acids is 1. The number of ether oxygens (including phenoxy) is 1. The maximum atomic E-state index is 11.7. The summed E-state index contributed by atoms with van der Waals surface area (Å²) in [5, 5.41) is 11.6. The van der Waals surface area contributed by atoms with Crippen LogP contribution in [0.2, 0.25) is 0 Å². The lowest BCUT2D eigenvalue weighted by molar-refractivity contribution is -0.143. The van der Waals surface area contributed by atoms with E-state index in [9.17, 15) is 9.59 Å². The summed E-state index contributed by atoms with van der Waals surface area (Å²) in [6.45, 7) is 2.13. The summed E-state index contributed by atoms with van der Waals surface area (Å²) in [6.07, 6.45) is 0. The summed E-state index contributed by atoms with van der Waals surface area (Å²) in [7, 11) is 1.49. The monoisotopic (exact) mass is 237 g/mol. The minimum atomic E-state index is -1.20. The average Bonchev–Trinajstić information content (AvgIpc) is 2.29. The number of amides is 1. The SMILES string of the molecule is CCNC(=O)C(C(=O)O)c1cccc(OC)c1. The second kappa shape index (κ2) is 5.89. The third-order valence-electron chi connectivity index (χ3n) is 2.29. The van der Waals surface area contributed by atoms with Gasteiger partial charge in [0.05, 0.1) is 7.11 Å². The predicted octanol–water partition coefficient (Wildman–Crippen LogP) is 0.999. The first-order chi connectivity index (χ1) is 8.10. The van der Waals surface area contributed by atoms with Crippen LogP contribution in [0.5, 0.6) is 5.75 Å². The molecule has 2 N–H and O–H groups in total. The molecule has 0 aliphatic carbocycles. The Bertz CT molecular complexity index is 417. The van der Waals surface area contributed by atoms with Crippen LogP contribution in [0.1, 0.15) is 18.4 Å². The van der Waals surface area contributed by atoms with Gasteiger partial charge in [-0.3, -0.25) is 9.59 Å². The van der Waals surface area contributed by atoms with E-state index >= 15 is 0 Å². The molecule has 1 unspecified atom stereocenters. The molecule has 1 amide bonds. The largest absolute Gasteiger partial charge is 0.497 e. The number of nitrogens with one attached hydrogen (secondary N) is 1. The zero-order valence-electron chi connectivity index (χ0n) is 9.77. The quantitative estimate of drug-likeness (QED) is 0.749. The van der Waals surface area contributed by atoms with E-state index < -0.39 is 17.8 Å². The first-order valence-electron chi connectivity index (χ1n) is 5.24. The zero-order chi connectivity index (χ0) is 12.8. The summed E-state index contributed by atoms with van der Waals surface area (Å²) in [6, 6.07) is 6.49. The van der Waals surface area contributed by atoms with Crippen LogP contribution in [0.25, 0.3) is 0 Å². The second-order valence-corrected chi connectivity index (χ2v) is 3.44. The zero-order valence-corrected chi connectivity index (χ0v) is 9.77. The second-order valence-electron chi connectivity index (χ2n) is 3.44. The highest BCUT2D eigenvalue weighted by Crippen LogP contribution is 2.21. The third kappa shape index (κ3) is 3.21. The van der Waals surface area contributed by atoms with Gasteiger partial charge in [-0.25, -0.2) is 0 Å². The molecule has 0 aromatic heterocycles.